The van der Waals surface area contributed by atoms with E-state index in [0.717, 1.165) is 42.4 Å². The van der Waals surface area contributed by atoms with E-state index in [2.05, 4.69) is 33.6 Å². The van der Waals surface area contributed by atoms with Gasteiger partial charge in [-0.05, 0) is 67.4 Å². The van der Waals surface area contributed by atoms with Crippen molar-refractivity contribution in [3.8, 4) is 0 Å². The lowest BCUT2D eigenvalue weighted by atomic mass is 9.90. The van der Waals surface area contributed by atoms with Crippen molar-refractivity contribution in [2.75, 3.05) is 6.54 Å². The van der Waals surface area contributed by atoms with E-state index in [9.17, 15) is 4.79 Å². The van der Waals surface area contributed by atoms with Crippen LogP contribution in [0.15, 0.2) is 16.7 Å². The molecular weight excluding hydrogens is 330 g/mol. The molecule has 1 amide bonds. The quantitative estimate of drug-likeness (QED) is 0.902. The third-order valence-electron chi connectivity index (χ3n) is 4.76. The second kappa shape index (κ2) is 6.13. The Morgan fingerprint density at radius 1 is 1.33 bits per heavy atom. The zero-order valence-corrected chi connectivity index (χ0v) is 14.2. The Bertz CT molecular complexity index is 516. The molecule has 0 aliphatic heterocycles. The van der Waals surface area contributed by atoms with Gasteiger partial charge < -0.3 is 15.2 Å². The normalized spacial score (nSPS) is 25.9. The molecule has 2 aliphatic rings. The predicted octanol–water partition coefficient (Wildman–Crippen LogP) is 3.32. The highest BCUT2D eigenvalue weighted by Gasteiger charge is 2.32. The molecule has 0 bridgehead atoms. The van der Waals surface area contributed by atoms with Crippen molar-refractivity contribution in [1.82, 2.24) is 9.47 Å². The summed E-state index contributed by atoms with van der Waals surface area (Å²) >= 11 is 3.51. The molecule has 0 spiro atoms. The topological polar surface area (TPSA) is 51.3 Å². The highest BCUT2D eigenvalue weighted by atomic mass is 79.9. The first-order valence-corrected chi connectivity index (χ1v) is 8.83. The van der Waals surface area contributed by atoms with Crippen LogP contribution in [-0.2, 0) is 0 Å². The van der Waals surface area contributed by atoms with Crippen LogP contribution in [0.4, 0.5) is 0 Å². The lowest BCUT2D eigenvalue weighted by Gasteiger charge is -2.35. The molecular formula is C16H24BrN3O. The van der Waals surface area contributed by atoms with Gasteiger partial charge in [0.05, 0.1) is 0 Å². The SMILES string of the molecule is CCN(C(=O)c1cc(Br)cn1C1CC1)C1CCC(N)CC1. The predicted molar refractivity (Wildman–Crippen MR) is 87.3 cm³/mol. The number of hydrogen-bond donors (Lipinski definition) is 1. The standard InChI is InChI=1S/C16H24BrN3O/c1-2-19(13-5-3-12(18)4-6-13)16(21)15-9-11(17)10-20(15)14-7-8-14/h9-10,12-14H,2-8,18H2,1H3. The molecule has 21 heavy (non-hydrogen) atoms. The molecule has 2 saturated carbocycles. The van der Waals surface area contributed by atoms with Crippen molar-refractivity contribution >= 4 is 21.8 Å². The molecule has 1 aromatic heterocycles. The summed E-state index contributed by atoms with van der Waals surface area (Å²) in [5.74, 6) is 0.176. The van der Waals surface area contributed by atoms with Crippen LogP contribution in [0.25, 0.3) is 0 Å². The minimum absolute atomic E-state index is 0.176. The zero-order valence-electron chi connectivity index (χ0n) is 12.6. The molecule has 3 rings (SSSR count). The van der Waals surface area contributed by atoms with Gasteiger partial charge in [-0.15, -0.1) is 0 Å². The van der Waals surface area contributed by atoms with Crippen molar-refractivity contribution in [2.24, 2.45) is 5.73 Å². The number of hydrogen-bond acceptors (Lipinski definition) is 2. The minimum atomic E-state index is 0.176. The number of nitrogens with zero attached hydrogens (tertiary/aromatic N) is 2. The third kappa shape index (κ3) is 3.19. The number of halogens is 1. The highest BCUT2D eigenvalue weighted by molar-refractivity contribution is 9.10. The molecule has 0 saturated heterocycles. The summed E-state index contributed by atoms with van der Waals surface area (Å²) in [4.78, 5) is 15.0. The molecule has 5 heteroatoms. The Balaban J connectivity index is 1.79. The summed E-state index contributed by atoms with van der Waals surface area (Å²) in [5.41, 5.74) is 6.82. The smallest absolute Gasteiger partial charge is 0.270 e. The Morgan fingerprint density at radius 2 is 2.00 bits per heavy atom. The number of carbonyl (C=O) groups is 1. The molecule has 0 atom stereocenters. The largest absolute Gasteiger partial charge is 0.339 e. The first kappa shape index (κ1) is 15.1. The van der Waals surface area contributed by atoms with Gasteiger partial charge in [-0.25, -0.2) is 0 Å². The monoisotopic (exact) mass is 353 g/mol. The van der Waals surface area contributed by atoms with E-state index in [1.807, 2.05) is 11.0 Å². The maximum atomic E-state index is 13.0. The van der Waals surface area contributed by atoms with Gasteiger partial charge in [0.15, 0.2) is 0 Å². The van der Waals surface area contributed by atoms with Crippen molar-refractivity contribution in [1.29, 1.82) is 0 Å². The van der Waals surface area contributed by atoms with Crippen molar-refractivity contribution in [2.45, 2.75) is 63.6 Å². The van der Waals surface area contributed by atoms with Crippen LogP contribution in [-0.4, -0.2) is 34.0 Å². The molecule has 4 nitrogen and oxygen atoms in total. The second-order valence-electron chi connectivity index (χ2n) is 6.34. The van der Waals surface area contributed by atoms with Crippen LogP contribution >= 0.6 is 15.9 Å². The Kier molecular flexibility index (Phi) is 4.41. The van der Waals surface area contributed by atoms with Crippen LogP contribution < -0.4 is 5.73 Å². The molecule has 116 valence electrons. The van der Waals surface area contributed by atoms with Crippen molar-refractivity contribution in [3.05, 3.63) is 22.4 Å². The average molecular weight is 354 g/mol. The van der Waals surface area contributed by atoms with E-state index in [4.69, 9.17) is 5.73 Å². The maximum absolute atomic E-state index is 13.0. The molecule has 0 radical (unpaired) electrons. The van der Waals surface area contributed by atoms with E-state index in [1.165, 1.54) is 12.8 Å². The summed E-state index contributed by atoms with van der Waals surface area (Å²) in [6.45, 7) is 2.85. The molecule has 1 heterocycles. The Morgan fingerprint density at radius 3 is 2.57 bits per heavy atom. The van der Waals surface area contributed by atoms with Gasteiger partial charge in [0, 0.05) is 35.3 Å². The summed E-state index contributed by atoms with van der Waals surface area (Å²) in [6.07, 6.45) is 8.55. The number of amides is 1. The second-order valence-corrected chi connectivity index (χ2v) is 7.26. The van der Waals surface area contributed by atoms with Crippen LogP contribution in [0.3, 0.4) is 0 Å². The summed E-state index contributed by atoms with van der Waals surface area (Å²) < 4.78 is 3.16. The average Bonchev–Trinajstić information content (AvgIpc) is 3.24. The van der Waals surface area contributed by atoms with E-state index in [0.29, 0.717) is 18.1 Å². The van der Waals surface area contributed by atoms with Crippen molar-refractivity contribution in [3.63, 3.8) is 0 Å². The fourth-order valence-corrected chi connectivity index (χ4v) is 3.84. The van der Waals surface area contributed by atoms with Gasteiger partial charge >= 0.3 is 0 Å². The lowest BCUT2D eigenvalue weighted by molar-refractivity contribution is 0.0629. The lowest BCUT2D eigenvalue weighted by Crippen LogP contribution is -2.44. The summed E-state index contributed by atoms with van der Waals surface area (Å²) in [7, 11) is 0. The van der Waals surface area contributed by atoms with Gasteiger partial charge in [-0.3, -0.25) is 4.79 Å². The van der Waals surface area contributed by atoms with Crippen LogP contribution in [0.2, 0.25) is 0 Å². The number of carbonyl (C=O) groups excluding carboxylic acids is 1. The fourth-order valence-electron chi connectivity index (χ4n) is 3.40. The first-order valence-electron chi connectivity index (χ1n) is 8.04. The number of nitrogens with two attached hydrogens (primary N) is 1. The van der Waals surface area contributed by atoms with Crippen LogP contribution in [0.5, 0.6) is 0 Å². The van der Waals surface area contributed by atoms with Crippen LogP contribution in [0, 0.1) is 0 Å². The zero-order chi connectivity index (χ0) is 15.0. The van der Waals surface area contributed by atoms with Gasteiger partial charge in [0.25, 0.3) is 5.91 Å². The maximum Gasteiger partial charge on any atom is 0.270 e. The van der Waals surface area contributed by atoms with Gasteiger partial charge in [0.2, 0.25) is 0 Å². The molecule has 2 fully saturated rings. The van der Waals surface area contributed by atoms with Gasteiger partial charge in [0.1, 0.15) is 5.69 Å². The van der Waals surface area contributed by atoms with E-state index < -0.39 is 0 Å². The number of rotatable bonds is 4. The van der Waals surface area contributed by atoms with Crippen molar-refractivity contribution < 1.29 is 4.79 Å². The van der Waals surface area contributed by atoms with Gasteiger partial charge in [-0.2, -0.15) is 0 Å². The Hall–Kier alpha value is -0.810. The summed E-state index contributed by atoms with van der Waals surface area (Å²) in [5, 5.41) is 0. The fraction of sp³-hybridized carbons (Fsp3) is 0.688. The highest BCUT2D eigenvalue weighted by Crippen LogP contribution is 2.38. The summed E-state index contributed by atoms with van der Waals surface area (Å²) in [6, 6.07) is 3.16. The van der Waals surface area contributed by atoms with Gasteiger partial charge in [-0.1, -0.05) is 0 Å². The third-order valence-corrected chi connectivity index (χ3v) is 5.19. The van der Waals surface area contributed by atoms with E-state index in [1.54, 1.807) is 0 Å². The van der Waals surface area contributed by atoms with E-state index >= 15 is 0 Å². The molecule has 2 aliphatic carbocycles. The Labute approximate surface area is 134 Å². The first-order chi connectivity index (χ1) is 10.1. The molecule has 0 aromatic carbocycles. The van der Waals surface area contributed by atoms with E-state index in [-0.39, 0.29) is 5.91 Å². The molecule has 2 N–H and O–H groups in total. The number of aromatic nitrogens is 1. The molecule has 1 aromatic rings. The van der Waals surface area contributed by atoms with Crippen LogP contribution in [0.1, 0.15) is 62.0 Å². The molecule has 0 unspecified atom stereocenters. The minimum Gasteiger partial charge on any atom is -0.339 e.